The third kappa shape index (κ3) is 5.59. The molecule has 27 heavy (non-hydrogen) atoms. The second kappa shape index (κ2) is 9.78. The van der Waals surface area contributed by atoms with Crippen molar-refractivity contribution in [1.82, 2.24) is 15.6 Å². The monoisotopic (exact) mass is 365 g/mol. The minimum absolute atomic E-state index is 0.0810. The molecule has 0 saturated carbocycles. The maximum Gasteiger partial charge on any atom is 0.221 e. The van der Waals surface area contributed by atoms with E-state index in [0.717, 1.165) is 30.7 Å². The molecular weight excluding hydrogens is 338 g/mol. The average molecular weight is 365 g/mol. The Morgan fingerprint density at radius 2 is 1.93 bits per heavy atom. The van der Waals surface area contributed by atoms with Gasteiger partial charge in [-0.1, -0.05) is 30.3 Å². The van der Waals surface area contributed by atoms with Crippen molar-refractivity contribution in [2.75, 3.05) is 26.7 Å². The summed E-state index contributed by atoms with van der Waals surface area (Å²) in [6.45, 7) is 2.19. The smallest absolute Gasteiger partial charge is 0.221 e. The van der Waals surface area contributed by atoms with Crippen molar-refractivity contribution in [2.24, 2.45) is 0 Å². The van der Waals surface area contributed by atoms with Crippen LogP contribution in [0.2, 0.25) is 0 Å². The summed E-state index contributed by atoms with van der Waals surface area (Å²) in [4.78, 5) is 15.2. The molecule has 1 heterocycles. The van der Waals surface area contributed by atoms with Crippen molar-refractivity contribution in [1.29, 1.82) is 0 Å². The molecule has 142 valence electrons. The van der Waals surface area contributed by atoms with Gasteiger partial charge in [-0.05, 0) is 48.7 Å². The summed E-state index contributed by atoms with van der Waals surface area (Å²) in [5.74, 6) is 0.927. The molecule has 1 aromatic heterocycles. The van der Waals surface area contributed by atoms with Crippen molar-refractivity contribution in [3.8, 4) is 5.75 Å². The molecule has 5 heteroatoms. The van der Waals surface area contributed by atoms with E-state index in [1.807, 2.05) is 30.3 Å². The van der Waals surface area contributed by atoms with Gasteiger partial charge in [0, 0.05) is 36.6 Å². The average Bonchev–Trinajstić information content (AvgIpc) is 3.11. The largest absolute Gasteiger partial charge is 0.497 e. The van der Waals surface area contributed by atoms with Crippen LogP contribution in [0.3, 0.4) is 0 Å². The zero-order valence-electron chi connectivity index (χ0n) is 15.8. The summed E-state index contributed by atoms with van der Waals surface area (Å²) in [6, 6.07) is 16.2. The van der Waals surface area contributed by atoms with Crippen LogP contribution in [0.4, 0.5) is 0 Å². The van der Waals surface area contributed by atoms with Crippen LogP contribution < -0.4 is 15.4 Å². The number of hydrogen-bond donors (Lipinski definition) is 3. The molecule has 3 rings (SSSR count). The summed E-state index contributed by atoms with van der Waals surface area (Å²) < 4.78 is 5.21. The van der Waals surface area contributed by atoms with Gasteiger partial charge in [-0.15, -0.1) is 0 Å². The Kier molecular flexibility index (Phi) is 6.88. The van der Waals surface area contributed by atoms with Crippen LogP contribution in [0.5, 0.6) is 5.75 Å². The number of carbonyl (C=O) groups excluding carboxylic acids is 1. The minimum Gasteiger partial charge on any atom is -0.497 e. The lowest BCUT2D eigenvalue weighted by Crippen LogP contribution is -2.29. The molecule has 5 nitrogen and oxygen atoms in total. The Hall–Kier alpha value is -2.79. The van der Waals surface area contributed by atoms with Gasteiger partial charge in [0.1, 0.15) is 5.75 Å². The van der Waals surface area contributed by atoms with Crippen LogP contribution in [0.25, 0.3) is 10.9 Å². The number of aromatic amines is 1. The number of benzene rings is 2. The van der Waals surface area contributed by atoms with Gasteiger partial charge in [-0.2, -0.15) is 0 Å². The second-order valence-corrected chi connectivity index (χ2v) is 6.56. The summed E-state index contributed by atoms with van der Waals surface area (Å²) in [7, 11) is 1.66. The number of para-hydroxylation sites is 1. The molecule has 0 bridgehead atoms. The Morgan fingerprint density at radius 3 is 2.81 bits per heavy atom. The Bertz CT molecular complexity index is 873. The van der Waals surface area contributed by atoms with E-state index in [1.54, 1.807) is 7.11 Å². The van der Waals surface area contributed by atoms with Gasteiger partial charge in [0.15, 0.2) is 0 Å². The van der Waals surface area contributed by atoms with E-state index in [0.29, 0.717) is 19.5 Å². The molecule has 3 N–H and O–H groups in total. The fourth-order valence-corrected chi connectivity index (χ4v) is 3.15. The van der Waals surface area contributed by atoms with Crippen molar-refractivity contribution in [3.63, 3.8) is 0 Å². The number of amides is 1. The Morgan fingerprint density at radius 1 is 1.04 bits per heavy atom. The molecule has 2 aromatic carbocycles. The summed E-state index contributed by atoms with van der Waals surface area (Å²) in [6.07, 6.45) is 4.31. The third-order valence-electron chi connectivity index (χ3n) is 4.64. The number of carbonyl (C=O) groups is 1. The first kappa shape index (κ1) is 19.0. The molecule has 0 fully saturated rings. The SMILES string of the molecule is COc1cccc(CCNC(=O)CCNCCc2c[nH]c3ccccc23)c1. The van der Waals surface area contributed by atoms with E-state index in [4.69, 9.17) is 4.74 Å². The van der Waals surface area contributed by atoms with Crippen molar-refractivity contribution < 1.29 is 9.53 Å². The quantitative estimate of drug-likeness (QED) is 0.484. The molecule has 0 spiro atoms. The van der Waals surface area contributed by atoms with Crippen molar-refractivity contribution >= 4 is 16.8 Å². The lowest BCUT2D eigenvalue weighted by molar-refractivity contribution is -0.120. The van der Waals surface area contributed by atoms with Crippen molar-refractivity contribution in [3.05, 3.63) is 65.9 Å². The molecular formula is C22H27N3O2. The first-order valence-corrected chi connectivity index (χ1v) is 9.41. The fourth-order valence-electron chi connectivity index (χ4n) is 3.15. The number of fused-ring (bicyclic) bond motifs is 1. The molecule has 0 radical (unpaired) electrons. The summed E-state index contributed by atoms with van der Waals surface area (Å²) >= 11 is 0. The topological polar surface area (TPSA) is 66.2 Å². The minimum atomic E-state index is 0.0810. The lowest BCUT2D eigenvalue weighted by Gasteiger charge is -2.07. The van der Waals surface area contributed by atoms with Crippen LogP contribution >= 0.6 is 0 Å². The molecule has 1 amide bonds. The van der Waals surface area contributed by atoms with E-state index in [2.05, 4.69) is 40.0 Å². The van der Waals surface area contributed by atoms with E-state index in [9.17, 15) is 4.79 Å². The van der Waals surface area contributed by atoms with Gasteiger partial charge in [-0.25, -0.2) is 0 Å². The zero-order chi connectivity index (χ0) is 18.9. The second-order valence-electron chi connectivity index (χ2n) is 6.56. The van der Waals surface area contributed by atoms with E-state index >= 15 is 0 Å². The highest BCUT2D eigenvalue weighted by molar-refractivity contribution is 5.83. The van der Waals surface area contributed by atoms with Gasteiger partial charge in [0.2, 0.25) is 5.91 Å². The molecule has 0 unspecified atom stereocenters. The van der Waals surface area contributed by atoms with Crippen LogP contribution in [0.15, 0.2) is 54.7 Å². The molecule has 0 saturated heterocycles. The van der Waals surface area contributed by atoms with Gasteiger partial charge in [0.25, 0.3) is 0 Å². The third-order valence-corrected chi connectivity index (χ3v) is 4.64. The van der Waals surface area contributed by atoms with Gasteiger partial charge >= 0.3 is 0 Å². The number of methoxy groups -OCH3 is 1. The number of rotatable bonds is 10. The molecule has 0 atom stereocenters. The van der Waals surface area contributed by atoms with E-state index in [1.165, 1.54) is 16.5 Å². The first-order chi connectivity index (χ1) is 13.3. The van der Waals surface area contributed by atoms with Crippen LogP contribution in [-0.2, 0) is 17.6 Å². The highest BCUT2D eigenvalue weighted by Crippen LogP contribution is 2.17. The zero-order valence-corrected chi connectivity index (χ0v) is 15.8. The van der Waals surface area contributed by atoms with Gasteiger partial charge in [-0.3, -0.25) is 4.79 Å². The molecule has 0 aliphatic rings. The van der Waals surface area contributed by atoms with E-state index < -0.39 is 0 Å². The first-order valence-electron chi connectivity index (χ1n) is 9.41. The van der Waals surface area contributed by atoms with Crippen LogP contribution in [0, 0.1) is 0 Å². The summed E-state index contributed by atoms with van der Waals surface area (Å²) in [5, 5.41) is 7.60. The van der Waals surface area contributed by atoms with Gasteiger partial charge < -0.3 is 20.4 Å². The number of hydrogen-bond acceptors (Lipinski definition) is 3. The van der Waals surface area contributed by atoms with E-state index in [-0.39, 0.29) is 5.91 Å². The predicted octanol–water partition coefficient (Wildman–Crippen LogP) is 3.06. The van der Waals surface area contributed by atoms with Crippen LogP contribution in [-0.4, -0.2) is 37.6 Å². The highest BCUT2D eigenvalue weighted by Gasteiger charge is 2.04. The number of aromatic nitrogens is 1. The van der Waals surface area contributed by atoms with Gasteiger partial charge in [0.05, 0.1) is 7.11 Å². The maximum atomic E-state index is 11.9. The highest BCUT2D eigenvalue weighted by atomic mass is 16.5. The van der Waals surface area contributed by atoms with Crippen LogP contribution in [0.1, 0.15) is 17.5 Å². The lowest BCUT2D eigenvalue weighted by atomic mass is 10.1. The fraction of sp³-hybridized carbons (Fsp3) is 0.318. The molecule has 3 aromatic rings. The molecule has 0 aliphatic heterocycles. The number of H-pyrrole nitrogens is 1. The Balaban J connectivity index is 1.29. The Labute approximate surface area is 160 Å². The predicted molar refractivity (Wildman–Crippen MR) is 109 cm³/mol. The molecule has 0 aliphatic carbocycles. The number of ether oxygens (including phenoxy) is 1. The standard InChI is InChI=1S/C22H27N3O2/c1-27-19-6-4-5-17(15-19)9-14-24-22(26)11-13-23-12-10-18-16-25-21-8-3-2-7-20(18)21/h2-8,15-16,23,25H,9-14H2,1H3,(H,24,26). The normalized spacial score (nSPS) is 10.9. The van der Waals surface area contributed by atoms with Crippen molar-refractivity contribution in [2.45, 2.75) is 19.3 Å². The summed E-state index contributed by atoms with van der Waals surface area (Å²) in [5.41, 5.74) is 3.63. The number of nitrogens with one attached hydrogen (secondary N) is 3. The maximum absolute atomic E-state index is 11.9.